The Morgan fingerprint density at radius 2 is 2.17 bits per heavy atom. The van der Waals surface area contributed by atoms with Crippen molar-refractivity contribution in [2.45, 2.75) is 45.4 Å². The van der Waals surface area contributed by atoms with Gasteiger partial charge in [0.2, 0.25) is 0 Å². The van der Waals surface area contributed by atoms with Gasteiger partial charge in [0.15, 0.2) is 0 Å². The lowest BCUT2D eigenvalue weighted by atomic mass is 10.2. The van der Waals surface area contributed by atoms with Crippen molar-refractivity contribution < 1.29 is 4.74 Å². The Morgan fingerprint density at radius 3 is 2.83 bits per heavy atom. The highest BCUT2D eigenvalue weighted by atomic mass is 16.5. The van der Waals surface area contributed by atoms with E-state index in [1.54, 1.807) is 0 Å². The smallest absolute Gasteiger partial charge is 0.133 e. The molecule has 18 heavy (non-hydrogen) atoms. The van der Waals surface area contributed by atoms with Gasteiger partial charge in [-0.25, -0.2) is 9.97 Å². The number of rotatable bonds is 8. The van der Waals surface area contributed by atoms with Gasteiger partial charge in [-0.2, -0.15) is 0 Å². The molecule has 0 aromatic carbocycles. The molecule has 1 saturated carbocycles. The quantitative estimate of drug-likeness (QED) is 0.720. The normalized spacial score (nSPS) is 14.8. The van der Waals surface area contributed by atoms with Crippen LogP contribution in [0.5, 0.6) is 0 Å². The van der Waals surface area contributed by atoms with Crippen LogP contribution in [0.1, 0.15) is 50.5 Å². The van der Waals surface area contributed by atoms with Gasteiger partial charge in [0.1, 0.15) is 11.6 Å². The van der Waals surface area contributed by atoms with Crippen molar-refractivity contribution in [3.05, 3.63) is 17.6 Å². The third-order valence-corrected chi connectivity index (χ3v) is 3.02. The molecule has 4 nitrogen and oxygen atoms in total. The average Bonchev–Trinajstić information content (AvgIpc) is 3.21. The molecule has 0 atom stereocenters. The minimum atomic E-state index is 0.668. The summed E-state index contributed by atoms with van der Waals surface area (Å²) >= 11 is 0. The highest BCUT2D eigenvalue weighted by molar-refractivity contribution is 5.38. The molecule has 1 fully saturated rings. The molecule has 1 N–H and O–H groups in total. The molecule has 0 radical (unpaired) electrons. The SMILES string of the molecule is CCCNc1cc(C2CC2)nc(CCOCC)n1. The van der Waals surface area contributed by atoms with Gasteiger partial charge in [0.25, 0.3) is 0 Å². The van der Waals surface area contributed by atoms with Gasteiger partial charge >= 0.3 is 0 Å². The standard InChI is InChI=1S/C14H23N3O/c1-3-8-15-14-10-12(11-5-6-11)16-13(17-14)7-9-18-4-2/h10-11H,3-9H2,1-2H3,(H,15,16,17). The fourth-order valence-electron chi connectivity index (χ4n) is 1.87. The molecule has 100 valence electrons. The minimum absolute atomic E-state index is 0.668. The Bertz CT molecular complexity index is 377. The van der Waals surface area contributed by atoms with Crippen molar-refractivity contribution in [2.24, 2.45) is 0 Å². The first-order chi connectivity index (χ1) is 8.83. The number of hydrogen-bond acceptors (Lipinski definition) is 4. The van der Waals surface area contributed by atoms with Gasteiger partial charge in [0.05, 0.1) is 6.61 Å². The summed E-state index contributed by atoms with van der Waals surface area (Å²) < 4.78 is 5.37. The van der Waals surface area contributed by atoms with E-state index in [0.29, 0.717) is 12.5 Å². The molecule has 1 aromatic heterocycles. The van der Waals surface area contributed by atoms with Crippen LogP contribution in [0.15, 0.2) is 6.07 Å². The first-order valence-corrected chi connectivity index (χ1v) is 7.03. The Hall–Kier alpha value is -1.16. The van der Waals surface area contributed by atoms with E-state index in [1.165, 1.54) is 18.5 Å². The molecule has 0 aliphatic heterocycles. The number of hydrogen-bond donors (Lipinski definition) is 1. The number of aromatic nitrogens is 2. The summed E-state index contributed by atoms with van der Waals surface area (Å²) in [5, 5.41) is 3.36. The molecule has 1 aromatic rings. The van der Waals surface area contributed by atoms with Crippen LogP contribution in [0.25, 0.3) is 0 Å². The molecule has 0 bridgehead atoms. The summed E-state index contributed by atoms with van der Waals surface area (Å²) in [6.07, 6.45) is 4.45. The molecule has 0 unspecified atom stereocenters. The lowest BCUT2D eigenvalue weighted by Crippen LogP contribution is -2.09. The van der Waals surface area contributed by atoms with Crippen LogP contribution in [0, 0.1) is 0 Å². The predicted molar refractivity (Wildman–Crippen MR) is 73.0 cm³/mol. The van der Waals surface area contributed by atoms with E-state index in [4.69, 9.17) is 4.74 Å². The van der Waals surface area contributed by atoms with Crippen molar-refractivity contribution in [2.75, 3.05) is 25.1 Å². The fourth-order valence-corrected chi connectivity index (χ4v) is 1.87. The van der Waals surface area contributed by atoms with E-state index < -0.39 is 0 Å². The molecule has 1 heterocycles. The second-order valence-corrected chi connectivity index (χ2v) is 4.74. The van der Waals surface area contributed by atoms with Crippen LogP contribution in [0.3, 0.4) is 0 Å². The van der Waals surface area contributed by atoms with Crippen LogP contribution >= 0.6 is 0 Å². The topological polar surface area (TPSA) is 47.0 Å². The second-order valence-electron chi connectivity index (χ2n) is 4.74. The average molecular weight is 249 g/mol. The molecule has 4 heteroatoms. The van der Waals surface area contributed by atoms with Crippen LogP contribution in [0.2, 0.25) is 0 Å². The van der Waals surface area contributed by atoms with E-state index >= 15 is 0 Å². The van der Waals surface area contributed by atoms with Gasteiger partial charge in [-0.1, -0.05) is 6.92 Å². The van der Waals surface area contributed by atoms with Crippen LogP contribution < -0.4 is 5.32 Å². The Balaban J connectivity index is 2.03. The van der Waals surface area contributed by atoms with Gasteiger partial charge < -0.3 is 10.1 Å². The van der Waals surface area contributed by atoms with E-state index in [-0.39, 0.29) is 0 Å². The van der Waals surface area contributed by atoms with E-state index in [0.717, 1.165) is 37.6 Å². The molecule has 0 saturated heterocycles. The van der Waals surface area contributed by atoms with Crippen molar-refractivity contribution in [3.8, 4) is 0 Å². The van der Waals surface area contributed by atoms with Gasteiger partial charge in [-0.15, -0.1) is 0 Å². The zero-order chi connectivity index (χ0) is 12.8. The summed E-state index contributed by atoms with van der Waals surface area (Å²) in [5.74, 6) is 2.55. The van der Waals surface area contributed by atoms with Crippen molar-refractivity contribution in [1.29, 1.82) is 0 Å². The maximum absolute atomic E-state index is 5.37. The first kappa shape index (κ1) is 13.3. The largest absolute Gasteiger partial charge is 0.381 e. The molecular formula is C14H23N3O. The molecule has 1 aliphatic rings. The van der Waals surface area contributed by atoms with Crippen molar-refractivity contribution in [3.63, 3.8) is 0 Å². The third-order valence-electron chi connectivity index (χ3n) is 3.02. The zero-order valence-electron chi connectivity index (χ0n) is 11.4. The van der Waals surface area contributed by atoms with Crippen molar-refractivity contribution in [1.82, 2.24) is 9.97 Å². The monoisotopic (exact) mass is 249 g/mol. The highest BCUT2D eigenvalue weighted by Crippen LogP contribution is 2.39. The fraction of sp³-hybridized carbons (Fsp3) is 0.714. The molecule has 1 aliphatic carbocycles. The summed E-state index contributed by atoms with van der Waals surface area (Å²) in [4.78, 5) is 9.19. The Kier molecular flexibility index (Phi) is 4.93. The summed E-state index contributed by atoms with van der Waals surface area (Å²) in [6.45, 7) is 6.59. The number of ether oxygens (including phenoxy) is 1. The lowest BCUT2D eigenvalue weighted by Gasteiger charge is -2.09. The number of nitrogens with one attached hydrogen (secondary N) is 1. The third kappa shape index (κ3) is 3.95. The lowest BCUT2D eigenvalue weighted by molar-refractivity contribution is 0.149. The van der Waals surface area contributed by atoms with Crippen LogP contribution in [-0.2, 0) is 11.2 Å². The van der Waals surface area contributed by atoms with Gasteiger partial charge in [-0.3, -0.25) is 0 Å². The molecule has 2 rings (SSSR count). The molecular weight excluding hydrogens is 226 g/mol. The zero-order valence-corrected chi connectivity index (χ0v) is 11.4. The summed E-state index contributed by atoms with van der Waals surface area (Å²) in [6, 6.07) is 2.11. The molecule has 0 amide bonds. The van der Waals surface area contributed by atoms with Gasteiger partial charge in [0, 0.05) is 37.3 Å². The Morgan fingerprint density at radius 1 is 1.33 bits per heavy atom. The summed E-state index contributed by atoms with van der Waals surface area (Å²) in [7, 11) is 0. The number of nitrogens with zero attached hydrogens (tertiary/aromatic N) is 2. The highest BCUT2D eigenvalue weighted by Gasteiger charge is 2.26. The maximum Gasteiger partial charge on any atom is 0.133 e. The molecule has 0 spiro atoms. The van der Waals surface area contributed by atoms with E-state index in [2.05, 4.69) is 28.3 Å². The van der Waals surface area contributed by atoms with Crippen LogP contribution in [0.4, 0.5) is 5.82 Å². The van der Waals surface area contributed by atoms with E-state index in [9.17, 15) is 0 Å². The minimum Gasteiger partial charge on any atom is -0.381 e. The van der Waals surface area contributed by atoms with E-state index in [1.807, 2.05) is 6.92 Å². The van der Waals surface area contributed by atoms with Crippen LogP contribution in [-0.4, -0.2) is 29.7 Å². The van der Waals surface area contributed by atoms with Crippen molar-refractivity contribution >= 4 is 5.82 Å². The second kappa shape index (κ2) is 6.69. The maximum atomic E-state index is 5.37. The first-order valence-electron chi connectivity index (χ1n) is 7.03. The van der Waals surface area contributed by atoms with Gasteiger partial charge in [-0.05, 0) is 26.2 Å². The number of anilines is 1. The Labute approximate surface area is 109 Å². The summed E-state index contributed by atoms with van der Waals surface area (Å²) in [5.41, 5.74) is 1.20. The predicted octanol–water partition coefficient (Wildman–Crippen LogP) is 2.75.